The van der Waals surface area contributed by atoms with Crippen LogP contribution in [-0.2, 0) is 0 Å². The van der Waals surface area contributed by atoms with Crippen LogP contribution in [0.1, 0.15) is 10.4 Å². The second kappa shape index (κ2) is 7.25. The van der Waals surface area contributed by atoms with Gasteiger partial charge in [-0.15, -0.1) is 0 Å². The third-order valence-electron chi connectivity index (χ3n) is 4.14. The van der Waals surface area contributed by atoms with Gasteiger partial charge in [0.15, 0.2) is 0 Å². The first-order valence-corrected chi connectivity index (χ1v) is 8.49. The quantitative estimate of drug-likeness (QED) is 0.563. The summed E-state index contributed by atoms with van der Waals surface area (Å²) in [6.07, 6.45) is 0. The Morgan fingerprint density at radius 1 is 0.852 bits per heavy atom. The summed E-state index contributed by atoms with van der Waals surface area (Å²) in [5, 5.41) is 7.39. The average Bonchev–Trinajstić information content (AvgIpc) is 3.13. The molecule has 4 nitrogen and oxygen atoms in total. The molecule has 0 aliphatic rings. The zero-order valence-electron chi connectivity index (χ0n) is 14.3. The summed E-state index contributed by atoms with van der Waals surface area (Å²) in [6.45, 7) is 0. The molecule has 0 atom stereocenters. The number of carbonyl (C=O) groups excluding carboxylic acids is 1. The Morgan fingerprint density at radius 2 is 1.48 bits per heavy atom. The van der Waals surface area contributed by atoms with Crippen molar-refractivity contribution in [2.24, 2.45) is 0 Å². The van der Waals surface area contributed by atoms with E-state index < -0.39 is 0 Å². The van der Waals surface area contributed by atoms with E-state index in [0.717, 1.165) is 5.69 Å². The highest BCUT2D eigenvalue weighted by Gasteiger charge is 2.16. The summed E-state index contributed by atoms with van der Waals surface area (Å²) in [4.78, 5) is 12.6. The second-order valence-electron chi connectivity index (χ2n) is 5.96. The van der Waals surface area contributed by atoms with E-state index in [0.29, 0.717) is 22.6 Å². The van der Waals surface area contributed by atoms with Crippen molar-refractivity contribution in [1.82, 2.24) is 9.78 Å². The van der Waals surface area contributed by atoms with Crippen LogP contribution in [0.15, 0.2) is 91.0 Å². The zero-order valence-corrected chi connectivity index (χ0v) is 14.3. The number of hydrogen-bond acceptors (Lipinski definition) is 2. The van der Waals surface area contributed by atoms with Gasteiger partial charge in [-0.1, -0.05) is 48.5 Å². The molecular weight excluding hydrogens is 341 g/mol. The minimum Gasteiger partial charge on any atom is -0.306 e. The standard InChI is InChI=1S/C22H16FN3O/c23-19-14-8-7-13-18(19)20-15-21(24-22(27)16-9-3-1-4-10-16)26(25-20)17-11-5-2-6-12-17/h1-15H,(H,24,27). The van der Waals surface area contributed by atoms with Crippen LogP contribution in [0.4, 0.5) is 10.2 Å². The van der Waals surface area contributed by atoms with Crippen molar-refractivity contribution >= 4 is 11.7 Å². The van der Waals surface area contributed by atoms with Crippen LogP contribution in [-0.4, -0.2) is 15.7 Å². The van der Waals surface area contributed by atoms with E-state index in [1.165, 1.54) is 6.07 Å². The Morgan fingerprint density at radius 3 is 2.19 bits per heavy atom. The molecule has 4 rings (SSSR count). The third kappa shape index (κ3) is 3.48. The Kier molecular flexibility index (Phi) is 4.49. The van der Waals surface area contributed by atoms with Crippen LogP contribution in [0.3, 0.4) is 0 Å². The summed E-state index contributed by atoms with van der Waals surface area (Å²) in [5.74, 6) is -0.155. The van der Waals surface area contributed by atoms with Crippen molar-refractivity contribution in [3.05, 3.63) is 102 Å². The van der Waals surface area contributed by atoms with Crippen molar-refractivity contribution in [3.8, 4) is 16.9 Å². The number of carbonyl (C=O) groups is 1. The highest BCUT2D eigenvalue weighted by molar-refractivity contribution is 6.04. The molecule has 1 aromatic heterocycles. The molecule has 4 aromatic rings. The number of anilines is 1. The molecule has 132 valence electrons. The van der Waals surface area contributed by atoms with Crippen LogP contribution in [0, 0.1) is 5.82 Å². The molecule has 1 N–H and O–H groups in total. The average molecular weight is 357 g/mol. The molecule has 5 heteroatoms. The molecule has 0 saturated heterocycles. The number of halogens is 1. The molecule has 0 aliphatic heterocycles. The molecule has 0 radical (unpaired) electrons. The van der Waals surface area contributed by atoms with Crippen molar-refractivity contribution < 1.29 is 9.18 Å². The molecule has 1 amide bonds. The van der Waals surface area contributed by atoms with E-state index in [2.05, 4.69) is 10.4 Å². The summed E-state index contributed by atoms with van der Waals surface area (Å²) in [5.41, 5.74) is 2.12. The highest BCUT2D eigenvalue weighted by atomic mass is 19.1. The highest BCUT2D eigenvalue weighted by Crippen LogP contribution is 2.27. The molecule has 0 spiro atoms. The Bertz CT molecular complexity index is 1080. The maximum atomic E-state index is 14.2. The molecule has 0 saturated carbocycles. The minimum absolute atomic E-state index is 0.257. The SMILES string of the molecule is O=C(Nc1cc(-c2ccccc2F)nn1-c1ccccc1)c1ccccc1. The molecule has 0 bridgehead atoms. The van der Waals surface area contributed by atoms with E-state index in [-0.39, 0.29) is 11.7 Å². The largest absolute Gasteiger partial charge is 0.306 e. The number of amides is 1. The first-order valence-electron chi connectivity index (χ1n) is 8.49. The number of nitrogens with zero attached hydrogens (tertiary/aromatic N) is 2. The second-order valence-corrected chi connectivity index (χ2v) is 5.96. The molecule has 0 fully saturated rings. The Balaban J connectivity index is 1.77. The third-order valence-corrected chi connectivity index (χ3v) is 4.14. The fourth-order valence-corrected chi connectivity index (χ4v) is 2.81. The Labute approximate surface area is 155 Å². The van der Waals surface area contributed by atoms with Gasteiger partial charge in [0, 0.05) is 17.2 Å². The molecular formula is C22H16FN3O. The Hall–Kier alpha value is -3.73. The van der Waals surface area contributed by atoms with E-state index in [1.807, 2.05) is 36.4 Å². The summed E-state index contributed by atoms with van der Waals surface area (Å²) in [6, 6.07) is 26.4. The summed E-state index contributed by atoms with van der Waals surface area (Å²) in [7, 11) is 0. The number of nitrogens with one attached hydrogen (secondary N) is 1. The van der Waals surface area contributed by atoms with Crippen LogP contribution < -0.4 is 5.32 Å². The van der Waals surface area contributed by atoms with Gasteiger partial charge >= 0.3 is 0 Å². The van der Waals surface area contributed by atoms with Gasteiger partial charge in [0.25, 0.3) is 5.91 Å². The van der Waals surface area contributed by atoms with Gasteiger partial charge in [-0.2, -0.15) is 5.10 Å². The van der Waals surface area contributed by atoms with E-state index >= 15 is 0 Å². The molecule has 0 aliphatic carbocycles. The van der Waals surface area contributed by atoms with Crippen molar-refractivity contribution in [2.45, 2.75) is 0 Å². The summed E-state index contributed by atoms with van der Waals surface area (Å²) >= 11 is 0. The first kappa shape index (κ1) is 16.7. The monoisotopic (exact) mass is 357 g/mol. The van der Waals surface area contributed by atoms with Crippen molar-refractivity contribution in [3.63, 3.8) is 0 Å². The molecule has 3 aromatic carbocycles. The molecule has 27 heavy (non-hydrogen) atoms. The van der Waals surface area contributed by atoms with Crippen molar-refractivity contribution in [2.75, 3.05) is 5.32 Å². The van der Waals surface area contributed by atoms with E-state index in [4.69, 9.17) is 0 Å². The van der Waals surface area contributed by atoms with Crippen LogP contribution in [0.5, 0.6) is 0 Å². The number of benzene rings is 3. The van der Waals surface area contributed by atoms with Gasteiger partial charge in [-0.25, -0.2) is 9.07 Å². The molecule has 0 unspecified atom stereocenters. The predicted molar refractivity (Wildman–Crippen MR) is 103 cm³/mol. The number of para-hydroxylation sites is 1. The topological polar surface area (TPSA) is 46.9 Å². The lowest BCUT2D eigenvalue weighted by Crippen LogP contribution is -2.14. The van der Waals surface area contributed by atoms with Gasteiger partial charge in [-0.05, 0) is 36.4 Å². The van der Waals surface area contributed by atoms with Gasteiger partial charge in [0.1, 0.15) is 11.6 Å². The molecule has 1 heterocycles. The van der Waals surface area contributed by atoms with Crippen LogP contribution in [0.25, 0.3) is 16.9 Å². The zero-order chi connectivity index (χ0) is 18.6. The smallest absolute Gasteiger partial charge is 0.256 e. The number of hydrogen-bond donors (Lipinski definition) is 1. The lowest BCUT2D eigenvalue weighted by molar-refractivity contribution is 0.102. The fraction of sp³-hybridized carbons (Fsp3) is 0. The maximum Gasteiger partial charge on any atom is 0.256 e. The van der Waals surface area contributed by atoms with Crippen LogP contribution >= 0.6 is 0 Å². The van der Waals surface area contributed by atoms with Crippen molar-refractivity contribution in [1.29, 1.82) is 0 Å². The maximum absolute atomic E-state index is 14.2. The van der Waals surface area contributed by atoms with Gasteiger partial charge in [-0.3, -0.25) is 4.79 Å². The van der Waals surface area contributed by atoms with E-state index in [1.54, 1.807) is 53.2 Å². The first-order chi connectivity index (χ1) is 13.2. The fourth-order valence-electron chi connectivity index (χ4n) is 2.81. The number of rotatable bonds is 4. The van der Waals surface area contributed by atoms with Gasteiger partial charge in [0.05, 0.1) is 11.4 Å². The van der Waals surface area contributed by atoms with Gasteiger partial charge in [0.2, 0.25) is 0 Å². The van der Waals surface area contributed by atoms with E-state index in [9.17, 15) is 9.18 Å². The normalized spacial score (nSPS) is 10.6. The lowest BCUT2D eigenvalue weighted by Gasteiger charge is -2.08. The van der Waals surface area contributed by atoms with Crippen LogP contribution in [0.2, 0.25) is 0 Å². The minimum atomic E-state index is -0.365. The van der Waals surface area contributed by atoms with Gasteiger partial charge < -0.3 is 5.32 Å². The summed E-state index contributed by atoms with van der Waals surface area (Å²) < 4.78 is 15.8. The lowest BCUT2D eigenvalue weighted by atomic mass is 10.1. The predicted octanol–water partition coefficient (Wildman–Crippen LogP) is 4.93. The number of aromatic nitrogens is 2.